The Morgan fingerprint density at radius 1 is 1.33 bits per heavy atom. The van der Waals surface area contributed by atoms with Crippen LogP contribution in [-0.4, -0.2) is 43.8 Å². The molecule has 7 nitrogen and oxygen atoms in total. The highest BCUT2D eigenvalue weighted by Gasteiger charge is 2.13. The Balaban J connectivity index is 2.16. The number of ether oxygens (including phenoxy) is 1. The first-order valence-corrected chi connectivity index (χ1v) is 8.09. The van der Waals surface area contributed by atoms with Gasteiger partial charge in [-0.25, -0.2) is 0 Å². The third kappa shape index (κ3) is 8.41. The summed E-state index contributed by atoms with van der Waals surface area (Å²) in [5.74, 6) is -0.814. The molecule has 0 bridgehead atoms. The van der Waals surface area contributed by atoms with Crippen LogP contribution < -0.4 is 11.1 Å². The predicted molar refractivity (Wildman–Crippen MR) is 78.1 cm³/mol. The van der Waals surface area contributed by atoms with Crippen LogP contribution in [0.15, 0.2) is 30.3 Å². The standard InChI is InChI=1S/C13H20N2O5S/c14-12(10-20-9-11-5-2-1-3-6-11)13(16)15-7-4-8-21(17,18)19/h1-3,5-6,12H,4,7-10,14H2,(H,15,16)(H,17,18,19)/t12-/m0/s1. The predicted octanol–water partition coefficient (Wildman–Crippen LogP) is -0.0754. The molecule has 1 aromatic carbocycles. The van der Waals surface area contributed by atoms with Gasteiger partial charge in [-0.2, -0.15) is 8.42 Å². The number of rotatable bonds is 9. The summed E-state index contributed by atoms with van der Waals surface area (Å²) in [5, 5.41) is 2.48. The number of benzene rings is 1. The monoisotopic (exact) mass is 316 g/mol. The fourth-order valence-corrected chi connectivity index (χ4v) is 2.06. The lowest BCUT2D eigenvalue weighted by Gasteiger charge is -2.12. The van der Waals surface area contributed by atoms with Gasteiger partial charge in [0.1, 0.15) is 6.04 Å². The minimum absolute atomic E-state index is 0.0685. The van der Waals surface area contributed by atoms with E-state index < -0.39 is 27.8 Å². The van der Waals surface area contributed by atoms with Crippen LogP contribution in [0.5, 0.6) is 0 Å². The smallest absolute Gasteiger partial charge is 0.264 e. The van der Waals surface area contributed by atoms with Crippen molar-refractivity contribution in [3.8, 4) is 0 Å². The first-order chi connectivity index (χ1) is 9.88. The molecule has 0 radical (unpaired) electrons. The normalized spacial score (nSPS) is 12.9. The fraction of sp³-hybridized carbons (Fsp3) is 0.462. The van der Waals surface area contributed by atoms with Crippen molar-refractivity contribution >= 4 is 16.0 Å². The Morgan fingerprint density at radius 2 is 2.00 bits per heavy atom. The van der Waals surface area contributed by atoms with Crippen LogP contribution in [-0.2, 0) is 26.3 Å². The van der Waals surface area contributed by atoms with Gasteiger partial charge in [-0.1, -0.05) is 30.3 Å². The Bertz CT molecular complexity index is 533. The maximum atomic E-state index is 11.6. The summed E-state index contributed by atoms with van der Waals surface area (Å²) in [7, 11) is -3.99. The van der Waals surface area contributed by atoms with E-state index in [0.717, 1.165) is 5.56 Å². The third-order valence-electron chi connectivity index (χ3n) is 2.62. The van der Waals surface area contributed by atoms with Gasteiger partial charge < -0.3 is 15.8 Å². The molecule has 0 fully saturated rings. The lowest BCUT2D eigenvalue weighted by atomic mass is 10.2. The van der Waals surface area contributed by atoms with Crippen LogP contribution >= 0.6 is 0 Å². The van der Waals surface area contributed by atoms with Crippen molar-refractivity contribution in [3.05, 3.63) is 35.9 Å². The van der Waals surface area contributed by atoms with Gasteiger partial charge in [-0.15, -0.1) is 0 Å². The Kier molecular flexibility index (Phi) is 7.30. The number of nitrogens with two attached hydrogens (primary N) is 1. The molecule has 0 spiro atoms. The molecule has 0 unspecified atom stereocenters. The van der Waals surface area contributed by atoms with Crippen molar-refractivity contribution in [2.75, 3.05) is 18.9 Å². The molecule has 8 heteroatoms. The Labute approximate surface area is 124 Å². The molecule has 0 aromatic heterocycles. The highest BCUT2D eigenvalue weighted by molar-refractivity contribution is 7.85. The number of hydrogen-bond acceptors (Lipinski definition) is 5. The molecule has 118 valence electrons. The van der Waals surface area contributed by atoms with Crippen molar-refractivity contribution in [1.82, 2.24) is 5.32 Å². The molecule has 0 aliphatic rings. The van der Waals surface area contributed by atoms with E-state index in [1.807, 2.05) is 30.3 Å². The van der Waals surface area contributed by atoms with E-state index in [4.69, 9.17) is 15.0 Å². The van der Waals surface area contributed by atoms with Gasteiger partial charge in [0.15, 0.2) is 0 Å². The second-order valence-electron chi connectivity index (χ2n) is 4.54. The quantitative estimate of drug-likeness (QED) is 0.433. The maximum Gasteiger partial charge on any atom is 0.264 e. The first kappa shape index (κ1) is 17.6. The Hall–Kier alpha value is -1.48. The van der Waals surface area contributed by atoms with Gasteiger partial charge in [0, 0.05) is 6.54 Å². The number of hydrogen-bond donors (Lipinski definition) is 3. The van der Waals surface area contributed by atoms with Crippen LogP contribution in [0.25, 0.3) is 0 Å². The third-order valence-corrected chi connectivity index (χ3v) is 3.43. The van der Waals surface area contributed by atoms with Crippen LogP contribution in [0.3, 0.4) is 0 Å². The van der Waals surface area contributed by atoms with E-state index >= 15 is 0 Å². The van der Waals surface area contributed by atoms with Crippen molar-refractivity contribution in [2.24, 2.45) is 5.73 Å². The molecular weight excluding hydrogens is 296 g/mol. The topological polar surface area (TPSA) is 119 Å². The van der Waals surface area contributed by atoms with Crippen LogP contribution in [0.4, 0.5) is 0 Å². The van der Waals surface area contributed by atoms with E-state index in [1.165, 1.54) is 0 Å². The molecule has 4 N–H and O–H groups in total. The molecular formula is C13H20N2O5S. The summed E-state index contributed by atoms with van der Waals surface area (Å²) in [6.45, 7) is 0.564. The molecule has 0 aliphatic carbocycles. The van der Waals surface area contributed by atoms with Crippen LogP contribution in [0, 0.1) is 0 Å². The van der Waals surface area contributed by atoms with Gasteiger partial charge in [-0.05, 0) is 12.0 Å². The number of carbonyl (C=O) groups is 1. The highest BCUT2D eigenvalue weighted by atomic mass is 32.2. The summed E-state index contributed by atoms with van der Waals surface area (Å²) >= 11 is 0. The minimum atomic E-state index is -3.99. The highest BCUT2D eigenvalue weighted by Crippen LogP contribution is 2.00. The van der Waals surface area contributed by atoms with Crippen molar-refractivity contribution in [2.45, 2.75) is 19.1 Å². The summed E-state index contributed by atoms with van der Waals surface area (Å²) in [6.07, 6.45) is 0.127. The van der Waals surface area contributed by atoms with E-state index in [0.29, 0.717) is 6.61 Å². The second kappa shape index (κ2) is 8.73. The maximum absolute atomic E-state index is 11.6. The molecule has 1 aromatic rings. The van der Waals surface area contributed by atoms with E-state index in [-0.39, 0.29) is 19.6 Å². The van der Waals surface area contributed by atoms with Crippen molar-refractivity contribution in [3.63, 3.8) is 0 Å². The van der Waals surface area contributed by atoms with Gasteiger partial charge in [-0.3, -0.25) is 9.35 Å². The van der Waals surface area contributed by atoms with E-state index in [1.54, 1.807) is 0 Å². The average Bonchev–Trinajstić information content (AvgIpc) is 2.43. The van der Waals surface area contributed by atoms with E-state index in [9.17, 15) is 13.2 Å². The molecule has 1 amide bonds. The van der Waals surface area contributed by atoms with Crippen molar-refractivity contribution < 1.29 is 22.5 Å². The van der Waals surface area contributed by atoms with E-state index in [2.05, 4.69) is 5.32 Å². The van der Waals surface area contributed by atoms with Gasteiger partial charge in [0.25, 0.3) is 10.1 Å². The van der Waals surface area contributed by atoms with Gasteiger partial charge in [0.2, 0.25) is 5.91 Å². The molecule has 21 heavy (non-hydrogen) atoms. The lowest BCUT2D eigenvalue weighted by molar-refractivity contribution is -0.123. The van der Waals surface area contributed by atoms with Crippen LogP contribution in [0.1, 0.15) is 12.0 Å². The summed E-state index contributed by atoms with van der Waals surface area (Å²) < 4.78 is 34.8. The number of carbonyl (C=O) groups excluding carboxylic acids is 1. The molecule has 0 saturated carbocycles. The first-order valence-electron chi connectivity index (χ1n) is 6.48. The summed E-state index contributed by atoms with van der Waals surface area (Å²) in [6, 6.07) is 8.66. The zero-order valence-electron chi connectivity index (χ0n) is 11.6. The summed E-state index contributed by atoms with van der Waals surface area (Å²) in [4.78, 5) is 11.6. The molecule has 0 heterocycles. The molecule has 1 rings (SSSR count). The largest absolute Gasteiger partial charge is 0.375 e. The molecule has 0 aliphatic heterocycles. The Morgan fingerprint density at radius 3 is 2.62 bits per heavy atom. The minimum Gasteiger partial charge on any atom is -0.375 e. The fourth-order valence-electron chi connectivity index (χ4n) is 1.55. The zero-order chi connectivity index (χ0) is 15.7. The molecule has 0 saturated heterocycles. The summed E-state index contributed by atoms with van der Waals surface area (Å²) in [5.41, 5.74) is 6.63. The number of amides is 1. The number of nitrogens with one attached hydrogen (secondary N) is 1. The van der Waals surface area contributed by atoms with Gasteiger partial charge >= 0.3 is 0 Å². The van der Waals surface area contributed by atoms with Crippen LogP contribution in [0.2, 0.25) is 0 Å². The SMILES string of the molecule is N[C@@H](COCc1ccccc1)C(=O)NCCCS(=O)(=O)O. The zero-order valence-corrected chi connectivity index (χ0v) is 12.4. The van der Waals surface area contributed by atoms with Crippen molar-refractivity contribution in [1.29, 1.82) is 0 Å². The van der Waals surface area contributed by atoms with Gasteiger partial charge in [0.05, 0.1) is 19.0 Å². The average molecular weight is 316 g/mol. The lowest BCUT2D eigenvalue weighted by Crippen LogP contribution is -2.44. The second-order valence-corrected chi connectivity index (χ2v) is 6.11. The molecule has 1 atom stereocenters.